The van der Waals surface area contributed by atoms with Crippen LogP contribution < -0.4 is 11.1 Å². The molecule has 0 fully saturated rings. The molecule has 0 atom stereocenters. The Hall–Kier alpha value is -2.14. The van der Waals surface area contributed by atoms with Crippen LogP contribution in [0.5, 0.6) is 0 Å². The molecule has 2 rings (SSSR count). The van der Waals surface area contributed by atoms with Gasteiger partial charge < -0.3 is 11.1 Å². The van der Waals surface area contributed by atoms with Crippen molar-refractivity contribution in [3.8, 4) is 11.3 Å². The number of carbonyl (C=O) groups is 1. The Morgan fingerprint density at radius 1 is 1.37 bits per heavy atom. The average molecular weight is 277 g/mol. The molecule has 0 spiro atoms. The van der Waals surface area contributed by atoms with Gasteiger partial charge in [-0.15, -0.1) is 0 Å². The summed E-state index contributed by atoms with van der Waals surface area (Å²) in [5, 5.41) is 3.14. The monoisotopic (exact) mass is 276 g/mol. The summed E-state index contributed by atoms with van der Waals surface area (Å²) in [6, 6.07) is 7.09. The first-order valence-corrected chi connectivity index (χ1v) is 6.03. The molecule has 1 heterocycles. The summed E-state index contributed by atoms with van der Waals surface area (Å²) in [5.74, 6) is -0.132. The molecule has 0 bridgehead atoms. The highest BCUT2D eigenvalue weighted by molar-refractivity contribution is 6.30. The number of aryl methyl sites for hydroxylation is 1. The molecule has 2 aromatic rings. The average Bonchev–Trinajstić information content (AvgIpc) is 2.37. The van der Waals surface area contributed by atoms with Crippen molar-refractivity contribution in [1.82, 2.24) is 15.3 Å². The van der Waals surface area contributed by atoms with Crippen molar-refractivity contribution in [3.63, 3.8) is 0 Å². The minimum absolute atomic E-state index is 0.125. The zero-order valence-electron chi connectivity index (χ0n) is 10.6. The van der Waals surface area contributed by atoms with E-state index in [1.54, 1.807) is 32.2 Å². The summed E-state index contributed by atoms with van der Waals surface area (Å²) in [6.07, 6.45) is 0. The van der Waals surface area contributed by atoms with E-state index >= 15 is 0 Å². The minimum Gasteiger partial charge on any atom is -0.368 e. The molecule has 0 aliphatic carbocycles. The minimum atomic E-state index is -0.257. The number of nitrogens with one attached hydrogen (secondary N) is 1. The summed E-state index contributed by atoms with van der Waals surface area (Å²) >= 11 is 5.96. The number of hydrogen-bond donors (Lipinski definition) is 2. The van der Waals surface area contributed by atoms with Crippen LogP contribution in [0, 0.1) is 6.92 Å². The number of rotatable bonds is 2. The highest BCUT2D eigenvalue weighted by Crippen LogP contribution is 2.26. The quantitative estimate of drug-likeness (QED) is 0.880. The normalized spacial score (nSPS) is 10.3. The van der Waals surface area contributed by atoms with Gasteiger partial charge in [0.15, 0.2) is 0 Å². The smallest absolute Gasteiger partial charge is 0.255 e. The molecule has 1 aromatic heterocycles. The number of nitrogens with zero attached hydrogens (tertiary/aromatic N) is 2. The fraction of sp³-hybridized carbons (Fsp3) is 0.154. The molecule has 19 heavy (non-hydrogen) atoms. The van der Waals surface area contributed by atoms with Crippen LogP contribution in [0.1, 0.15) is 16.1 Å². The van der Waals surface area contributed by atoms with E-state index in [0.717, 1.165) is 5.56 Å². The summed E-state index contributed by atoms with van der Waals surface area (Å²) in [5.41, 5.74) is 7.79. The van der Waals surface area contributed by atoms with Crippen molar-refractivity contribution in [2.75, 3.05) is 12.8 Å². The van der Waals surface area contributed by atoms with E-state index in [2.05, 4.69) is 15.3 Å². The number of benzene rings is 1. The van der Waals surface area contributed by atoms with E-state index in [0.29, 0.717) is 22.0 Å². The third kappa shape index (κ3) is 2.66. The third-order valence-electron chi connectivity index (χ3n) is 2.66. The molecule has 1 amide bonds. The number of aromatic nitrogens is 2. The van der Waals surface area contributed by atoms with Gasteiger partial charge in [-0.1, -0.05) is 23.7 Å². The van der Waals surface area contributed by atoms with E-state index in [-0.39, 0.29) is 11.9 Å². The Morgan fingerprint density at radius 3 is 2.74 bits per heavy atom. The van der Waals surface area contributed by atoms with Gasteiger partial charge in [0.25, 0.3) is 5.91 Å². The van der Waals surface area contributed by atoms with Gasteiger partial charge >= 0.3 is 0 Å². The predicted molar refractivity (Wildman–Crippen MR) is 75.0 cm³/mol. The van der Waals surface area contributed by atoms with Gasteiger partial charge in [-0.25, -0.2) is 9.97 Å². The Balaban J connectivity index is 2.71. The molecule has 0 unspecified atom stereocenters. The first kappa shape index (κ1) is 13.3. The van der Waals surface area contributed by atoms with Crippen molar-refractivity contribution in [1.29, 1.82) is 0 Å². The molecule has 0 saturated heterocycles. The van der Waals surface area contributed by atoms with E-state index in [9.17, 15) is 4.79 Å². The van der Waals surface area contributed by atoms with E-state index in [4.69, 9.17) is 17.3 Å². The zero-order valence-corrected chi connectivity index (χ0v) is 11.3. The number of hydrogen-bond acceptors (Lipinski definition) is 4. The molecular weight excluding hydrogens is 264 g/mol. The lowest BCUT2D eigenvalue weighted by molar-refractivity contribution is 0.0962. The Bertz CT molecular complexity index is 643. The van der Waals surface area contributed by atoms with Crippen LogP contribution >= 0.6 is 11.6 Å². The molecule has 1 aromatic carbocycles. The summed E-state index contributed by atoms with van der Waals surface area (Å²) < 4.78 is 0. The second-order valence-electron chi connectivity index (χ2n) is 3.98. The number of halogens is 1. The van der Waals surface area contributed by atoms with E-state index in [1.165, 1.54) is 0 Å². The number of carbonyl (C=O) groups excluding carboxylic acids is 1. The lowest BCUT2D eigenvalue weighted by Crippen LogP contribution is -2.21. The SMILES string of the molecule is CNC(=O)c1c(C)nc(N)nc1-c1cccc(Cl)c1. The highest BCUT2D eigenvalue weighted by Gasteiger charge is 2.18. The van der Waals surface area contributed by atoms with Crippen molar-refractivity contribution in [2.45, 2.75) is 6.92 Å². The number of amides is 1. The molecular formula is C13H13ClN4O. The molecule has 3 N–H and O–H groups in total. The largest absolute Gasteiger partial charge is 0.368 e. The van der Waals surface area contributed by atoms with Gasteiger partial charge in [-0.2, -0.15) is 0 Å². The summed E-state index contributed by atoms with van der Waals surface area (Å²) in [6.45, 7) is 1.72. The molecule has 98 valence electrons. The van der Waals surface area contributed by atoms with E-state index in [1.807, 2.05) is 6.07 Å². The molecule has 0 aliphatic heterocycles. The van der Waals surface area contributed by atoms with Crippen LogP contribution in [0.15, 0.2) is 24.3 Å². The van der Waals surface area contributed by atoms with Gasteiger partial charge in [0.2, 0.25) is 5.95 Å². The molecule has 0 radical (unpaired) electrons. The maximum absolute atomic E-state index is 12.0. The molecule has 6 heteroatoms. The Labute approximate surface area is 115 Å². The van der Waals surface area contributed by atoms with Crippen LogP contribution in [0.3, 0.4) is 0 Å². The van der Waals surface area contributed by atoms with Crippen molar-refractivity contribution in [2.24, 2.45) is 0 Å². The fourth-order valence-electron chi connectivity index (χ4n) is 1.84. The van der Waals surface area contributed by atoms with Crippen LogP contribution in [-0.2, 0) is 0 Å². The number of nitrogens with two attached hydrogens (primary N) is 1. The number of nitrogen functional groups attached to an aromatic ring is 1. The van der Waals surface area contributed by atoms with Crippen molar-refractivity contribution >= 4 is 23.5 Å². The standard InChI is InChI=1S/C13H13ClN4O/c1-7-10(12(19)16-2)11(18-13(15)17-7)8-4-3-5-9(14)6-8/h3-6H,1-2H3,(H,16,19)(H2,15,17,18). The molecule has 0 saturated carbocycles. The molecule has 5 nitrogen and oxygen atoms in total. The van der Waals surface area contributed by atoms with Crippen molar-refractivity contribution < 1.29 is 4.79 Å². The first-order valence-electron chi connectivity index (χ1n) is 5.65. The first-order chi connectivity index (χ1) is 9.02. The van der Waals surface area contributed by atoms with Gasteiger partial charge in [0.05, 0.1) is 17.0 Å². The van der Waals surface area contributed by atoms with Gasteiger partial charge in [0.1, 0.15) is 0 Å². The topological polar surface area (TPSA) is 80.9 Å². The third-order valence-corrected chi connectivity index (χ3v) is 2.89. The van der Waals surface area contributed by atoms with E-state index < -0.39 is 0 Å². The maximum atomic E-state index is 12.0. The van der Waals surface area contributed by atoms with Gasteiger partial charge in [0, 0.05) is 17.6 Å². The van der Waals surface area contributed by atoms with Gasteiger partial charge in [-0.05, 0) is 19.1 Å². The molecule has 0 aliphatic rings. The fourth-order valence-corrected chi connectivity index (χ4v) is 2.03. The lowest BCUT2D eigenvalue weighted by atomic mass is 10.0. The highest BCUT2D eigenvalue weighted by atomic mass is 35.5. The maximum Gasteiger partial charge on any atom is 0.255 e. The zero-order chi connectivity index (χ0) is 14.0. The predicted octanol–water partition coefficient (Wildman–Crippen LogP) is 2.05. The van der Waals surface area contributed by atoms with Crippen LogP contribution in [0.4, 0.5) is 5.95 Å². The van der Waals surface area contributed by atoms with Crippen molar-refractivity contribution in [3.05, 3.63) is 40.5 Å². The van der Waals surface area contributed by atoms with Crippen LogP contribution in [0.25, 0.3) is 11.3 Å². The summed E-state index contributed by atoms with van der Waals surface area (Å²) in [7, 11) is 1.56. The second-order valence-corrected chi connectivity index (χ2v) is 4.42. The lowest BCUT2D eigenvalue weighted by Gasteiger charge is -2.11. The number of anilines is 1. The van der Waals surface area contributed by atoms with Gasteiger partial charge in [-0.3, -0.25) is 4.79 Å². The van der Waals surface area contributed by atoms with Crippen LogP contribution in [-0.4, -0.2) is 22.9 Å². The Morgan fingerprint density at radius 2 is 2.11 bits per heavy atom. The van der Waals surface area contributed by atoms with Crippen LogP contribution in [0.2, 0.25) is 5.02 Å². The second kappa shape index (κ2) is 5.24. The summed E-state index contributed by atoms with van der Waals surface area (Å²) in [4.78, 5) is 20.1. The Kier molecular flexibility index (Phi) is 3.66.